The molecule has 1 aromatic rings. The van der Waals surface area contributed by atoms with E-state index < -0.39 is 0 Å². The molecule has 5 heteroatoms. The van der Waals surface area contributed by atoms with Gasteiger partial charge in [0.1, 0.15) is 0 Å². The molecule has 14 heavy (non-hydrogen) atoms. The van der Waals surface area contributed by atoms with Crippen LogP contribution in [0.25, 0.3) is 0 Å². The fraction of sp³-hybridized carbons (Fsp3) is 0.778. The summed E-state index contributed by atoms with van der Waals surface area (Å²) in [7, 11) is 1.65. The minimum atomic E-state index is 0.421. The average Bonchev–Trinajstić information content (AvgIpc) is 2.59. The Kier molecular flexibility index (Phi) is 4.55. The van der Waals surface area contributed by atoms with E-state index in [2.05, 4.69) is 29.4 Å². The topological polar surface area (TPSA) is 60.2 Å². The largest absolute Gasteiger partial charge is 0.424 e. The van der Waals surface area contributed by atoms with Crippen LogP contribution in [0, 0.1) is 0 Å². The van der Waals surface area contributed by atoms with Gasteiger partial charge in [0, 0.05) is 19.6 Å². The number of nitrogens with one attached hydrogen (secondary N) is 1. The lowest BCUT2D eigenvalue weighted by Crippen LogP contribution is -2.21. The highest BCUT2D eigenvalue weighted by Gasteiger charge is 2.05. The molecular weight excluding hydrogens is 182 g/mol. The maximum atomic E-state index is 5.37. The first-order valence-corrected chi connectivity index (χ1v) is 4.76. The number of hydrogen-bond acceptors (Lipinski definition) is 5. The van der Waals surface area contributed by atoms with Gasteiger partial charge in [-0.1, -0.05) is 13.8 Å². The van der Waals surface area contributed by atoms with Gasteiger partial charge in [0.25, 0.3) is 0 Å². The van der Waals surface area contributed by atoms with E-state index in [0.29, 0.717) is 37.4 Å². The number of hydrogen-bond donors (Lipinski definition) is 1. The molecule has 0 bridgehead atoms. The van der Waals surface area contributed by atoms with Gasteiger partial charge in [0.05, 0.1) is 13.2 Å². The second-order valence-electron chi connectivity index (χ2n) is 3.37. The van der Waals surface area contributed by atoms with Crippen LogP contribution in [-0.2, 0) is 17.7 Å². The number of methoxy groups -OCH3 is 1. The Morgan fingerprint density at radius 2 is 2.07 bits per heavy atom. The Labute approximate surface area is 83.9 Å². The van der Waals surface area contributed by atoms with E-state index in [1.54, 1.807) is 7.11 Å². The van der Waals surface area contributed by atoms with E-state index in [9.17, 15) is 0 Å². The summed E-state index contributed by atoms with van der Waals surface area (Å²) in [5.41, 5.74) is 0. The van der Waals surface area contributed by atoms with Crippen LogP contribution in [0.5, 0.6) is 0 Å². The average molecular weight is 199 g/mol. The predicted molar refractivity (Wildman–Crippen MR) is 51.9 cm³/mol. The van der Waals surface area contributed by atoms with Crippen molar-refractivity contribution in [2.24, 2.45) is 0 Å². The molecule has 0 spiro atoms. The standard InChI is InChI=1S/C9H17N3O2/c1-7(2)10-6-9-12-11-8(14-9)4-5-13-3/h7,10H,4-6H2,1-3H3. The molecule has 0 aliphatic rings. The maximum Gasteiger partial charge on any atom is 0.230 e. The summed E-state index contributed by atoms with van der Waals surface area (Å²) in [6.45, 7) is 5.38. The number of aromatic nitrogens is 2. The Morgan fingerprint density at radius 3 is 2.71 bits per heavy atom. The molecule has 0 aliphatic carbocycles. The van der Waals surface area contributed by atoms with Gasteiger partial charge >= 0.3 is 0 Å². The molecule has 1 rings (SSSR count). The van der Waals surface area contributed by atoms with Crippen molar-refractivity contribution in [3.05, 3.63) is 11.8 Å². The number of nitrogens with zero attached hydrogens (tertiary/aromatic N) is 2. The summed E-state index contributed by atoms with van der Waals surface area (Å²) < 4.78 is 10.3. The number of ether oxygens (including phenoxy) is 1. The van der Waals surface area contributed by atoms with Gasteiger partial charge in [0.2, 0.25) is 11.8 Å². The summed E-state index contributed by atoms with van der Waals surface area (Å²) in [6.07, 6.45) is 0.672. The summed E-state index contributed by atoms with van der Waals surface area (Å²) in [5, 5.41) is 11.0. The van der Waals surface area contributed by atoms with Crippen molar-refractivity contribution in [3.8, 4) is 0 Å². The molecule has 0 radical (unpaired) electrons. The molecule has 0 fully saturated rings. The van der Waals surface area contributed by atoms with Crippen molar-refractivity contribution < 1.29 is 9.15 Å². The van der Waals surface area contributed by atoms with E-state index >= 15 is 0 Å². The van der Waals surface area contributed by atoms with Crippen LogP contribution >= 0.6 is 0 Å². The first-order valence-electron chi connectivity index (χ1n) is 4.76. The van der Waals surface area contributed by atoms with E-state index in [0.717, 1.165) is 0 Å². The summed E-state index contributed by atoms with van der Waals surface area (Å²) in [4.78, 5) is 0. The molecule has 1 heterocycles. The molecular formula is C9H17N3O2. The van der Waals surface area contributed by atoms with Crippen LogP contribution in [-0.4, -0.2) is 30.0 Å². The highest BCUT2D eigenvalue weighted by atomic mass is 16.5. The molecule has 0 unspecified atom stereocenters. The van der Waals surface area contributed by atoms with Gasteiger partial charge in [-0.15, -0.1) is 10.2 Å². The van der Waals surface area contributed by atoms with Gasteiger partial charge in [-0.25, -0.2) is 0 Å². The highest BCUT2D eigenvalue weighted by Crippen LogP contribution is 2.00. The minimum absolute atomic E-state index is 0.421. The maximum absolute atomic E-state index is 5.37. The molecule has 0 amide bonds. The van der Waals surface area contributed by atoms with Crippen molar-refractivity contribution in [1.82, 2.24) is 15.5 Å². The van der Waals surface area contributed by atoms with Gasteiger partial charge < -0.3 is 14.5 Å². The van der Waals surface area contributed by atoms with E-state index in [-0.39, 0.29) is 0 Å². The molecule has 0 saturated carbocycles. The van der Waals surface area contributed by atoms with Gasteiger partial charge in [0.15, 0.2) is 0 Å². The van der Waals surface area contributed by atoms with E-state index in [1.807, 2.05) is 0 Å². The second kappa shape index (κ2) is 5.72. The minimum Gasteiger partial charge on any atom is -0.424 e. The predicted octanol–water partition coefficient (Wildman–Crippen LogP) is 0.756. The Balaban J connectivity index is 2.35. The third kappa shape index (κ3) is 3.85. The Bertz CT molecular complexity index is 260. The van der Waals surface area contributed by atoms with Crippen molar-refractivity contribution in [1.29, 1.82) is 0 Å². The quantitative estimate of drug-likeness (QED) is 0.732. The van der Waals surface area contributed by atoms with Gasteiger partial charge in [-0.05, 0) is 0 Å². The van der Waals surface area contributed by atoms with Crippen LogP contribution < -0.4 is 5.32 Å². The Morgan fingerprint density at radius 1 is 1.36 bits per heavy atom. The Hall–Kier alpha value is -0.940. The van der Waals surface area contributed by atoms with Crippen LogP contribution in [0.15, 0.2) is 4.42 Å². The second-order valence-corrected chi connectivity index (χ2v) is 3.37. The van der Waals surface area contributed by atoms with Crippen molar-refractivity contribution in [2.75, 3.05) is 13.7 Å². The SMILES string of the molecule is COCCc1nnc(CNC(C)C)o1. The lowest BCUT2D eigenvalue weighted by atomic mass is 10.4. The summed E-state index contributed by atoms with van der Waals surface area (Å²) >= 11 is 0. The zero-order valence-electron chi connectivity index (χ0n) is 8.91. The normalized spacial score (nSPS) is 11.1. The molecule has 80 valence electrons. The first kappa shape index (κ1) is 11.1. The molecule has 5 nitrogen and oxygen atoms in total. The zero-order valence-corrected chi connectivity index (χ0v) is 8.91. The molecule has 0 aromatic carbocycles. The van der Waals surface area contributed by atoms with Crippen molar-refractivity contribution in [2.45, 2.75) is 32.9 Å². The molecule has 1 N–H and O–H groups in total. The molecule has 0 saturated heterocycles. The van der Waals surface area contributed by atoms with Crippen molar-refractivity contribution in [3.63, 3.8) is 0 Å². The highest BCUT2D eigenvalue weighted by molar-refractivity contribution is 4.81. The van der Waals surface area contributed by atoms with Crippen LogP contribution in [0.3, 0.4) is 0 Å². The van der Waals surface area contributed by atoms with Gasteiger partial charge in [-0.2, -0.15) is 0 Å². The number of rotatable bonds is 6. The van der Waals surface area contributed by atoms with E-state index in [4.69, 9.17) is 9.15 Å². The van der Waals surface area contributed by atoms with Crippen LogP contribution in [0.2, 0.25) is 0 Å². The zero-order chi connectivity index (χ0) is 10.4. The molecule has 0 aliphatic heterocycles. The monoisotopic (exact) mass is 199 g/mol. The smallest absolute Gasteiger partial charge is 0.230 e. The van der Waals surface area contributed by atoms with Crippen LogP contribution in [0.4, 0.5) is 0 Å². The fourth-order valence-electron chi connectivity index (χ4n) is 0.942. The lowest BCUT2D eigenvalue weighted by molar-refractivity contribution is 0.194. The molecule has 1 aromatic heterocycles. The summed E-state index contributed by atoms with van der Waals surface area (Å²) in [6, 6.07) is 0.421. The first-order chi connectivity index (χ1) is 6.72. The lowest BCUT2D eigenvalue weighted by Gasteiger charge is -2.03. The van der Waals surface area contributed by atoms with E-state index in [1.165, 1.54) is 0 Å². The summed E-state index contributed by atoms with van der Waals surface area (Å²) in [5.74, 6) is 1.26. The molecule has 0 atom stereocenters. The van der Waals surface area contributed by atoms with Crippen LogP contribution in [0.1, 0.15) is 25.6 Å². The fourth-order valence-corrected chi connectivity index (χ4v) is 0.942. The third-order valence-corrected chi connectivity index (χ3v) is 1.69. The third-order valence-electron chi connectivity index (χ3n) is 1.69. The van der Waals surface area contributed by atoms with Crippen molar-refractivity contribution >= 4 is 0 Å². The van der Waals surface area contributed by atoms with Gasteiger partial charge in [-0.3, -0.25) is 0 Å².